The van der Waals surface area contributed by atoms with E-state index in [1.165, 1.54) is 18.3 Å². The lowest BCUT2D eigenvalue weighted by atomic mass is 10.3. The van der Waals surface area contributed by atoms with Crippen molar-refractivity contribution in [1.82, 2.24) is 4.98 Å². The Labute approximate surface area is 159 Å². The summed E-state index contributed by atoms with van der Waals surface area (Å²) in [5.41, 5.74) is 0.674. The molecular formula is C18H17FN2O4S2. The number of hydrogen-bond acceptors (Lipinski definition) is 6. The van der Waals surface area contributed by atoms with Gasteiger partial charge in [0.05, 0.1) is 21.7 Å². The van der Waals surface area contributed by atoms with Gasteiger partial charge in [0.15, 0.2) is 15.0 Å². The number of nitrogens with one attached hydrogen (secondary N) is 1. The molecule has 1 heterocycles. The number of fused-ring (bicyclic) bond motifs is 1. The first-order valence-electron chi connectivity index (χ1n) is 8.15. The van der Waals surface area contributed by atoms with Gasteiger partial charge >= 0.3 is 0 Å². The Morgan fingerprint density at radius 1 is 1.26 bits per heavy atom. The highest BCUT2D eigenvalue weighted by Gasteiger charge is 2.30. The first kappa shape index (κ1) is 19.2. The van der Waals surface area contributed by atoms with E-state index in [0.717, 1.165) is 29.0 Å². The summed E-state index contributed by atoms with van der Waals surface area (Å²) in [4.78, 5) is 16.6. The Balaban J connectivity index is 1.79. The number of sulfone groups is 1. The molecule has 0 fully saturated rings. The number of nitrogens with zero attached hydrogens (tertiary/aromatic N) is 1. The number of carbonyl (C=O) groups excluding carboxylic acids is 1. The predicted octanol–water partition coefficient (Wildman–Crippen LogP) is 3.64. The van der Waals surface area contributed by atoms with Crippen LogP contribution in [0.1, 0.15) is 13.8 Å². The molecule has 3 rings (SSSR count). The molecule has 3 aromatic rings. The molecule has 1 N–H and O–H groups in total. The van der Waals surface area contributed by atoms with E-state index in [9.17, 15) is 17.6 Å². The molecule has 0 bridgehead atoms. The summed E-state index contributed by atoms with van der Waals surface area (Å²) < 4.78 is 44.3. The number of rotatable bonds is 6. The number of benzene rings is 2. The minimum atomic E-state index is -3.94. The smallest absolute Gasteiger partial charge is 0.244 e. The Morgan fingerprint density at radius 2 is 1.96 bits per heavy atom. The number of ether oxygens (including phenoxy) is 1. The van der Waals surface area contributed by atoms with E-state index in [4.69, 9.17) is 4.74 Å². The molecule has 2 aromatic carbocycles. The second-order valence-electron chi connectivity index (χ2n) is 5.71. The minimum Gasteiger partial charge on any atom is -0.494 e. The number of aromatic nitrogens is 1. The van der Waals surface area contributed by atoms with Crippen LogP contribution in [-0.2, 0) is 14.6 Å². The first-order chi connectivity index (χ1) is 12.8. The van der Waals surface area contributed by atoms with Gasteiger partial charge in [-0.1, -0.05) is 11.3 Å². The van der Waals surface area contributed by atoms with Crippen LogP contribution in [0.4, 0.5) is 9.52 Å². The molecule has 0 aliphatic rings. The second kappa shape index (κ2) is 7.61. The minimum absolute atomic E-state index is 0.114. The Morgan fingerprint density at radius 3 is 2.63 bits per heavy atom. The van der Waals surface area contributed by atoms with Gasteiger partial charge in [0.1, 0.15) is 16.8 Å². The molecule has 0 saturated heterocycles. The highest BCUT2D eigenvalue weighted by atomic mass is 32.2. The van der Waals surface area contributed by atoms with Gasteiger partial charge < -0.3 is 10.1 Å². The van der Waals surface area contributed by atoms with Crippen LogP contribution in [0, 0.1) is 5.82 Å². The maximum absolute atomic E-state index is 13.0. The van der Waals surface area contributed by atoms with Crippen LogP contribution < -0.4 is 10.1 Å². The van der Waals surface area contributed by atoms with E-state index in [0.29, 0.717) is 23.0 Å². The molecule has 1 amide bonds. The monoisotopic (exact) mass is 408 g/mol. The molecule has 0 radical (unpaired) electrons. The number of hydrogen-bond donors (Lipinski definition) is 1. The molecule has 0 aliphatic heterocycles. The summed E-state index contributed by atoms with van der Waals surface area (Å²) in [5.74, 6) is -0.561. The Hall–Kier alpha value is -2.52. The molecular weight excluding hydrogens is 391 g/mol. The molecule has 27 heavy (non-hydrogen) atoms. The molecule has 142 valence electrons. The molecule has 9 heteroatoms. The van der Waals surface area contributed by atoms with Crippen LogP contribution in [-0.4, -0.2) is 31.2 Å². The van der Waals surface area contributed by atoms with Crippen molar-refractivity contribution in [2.75, 3.05) is 11.9 Å². The van der Waals surface area contributed by atoms with Gasteiger partial charge in [-0.25, -0.2) is 17.8 Å². The topological polar surface area (TPSA) is 85.4 Å². The van der Waals surface area contributed by atoms with E-state index in [1.54, 1.807) is 12.1 Å². The van der Waals surface area contributed by atoms with Gasteiger partial charge in [0.2, 0.25) is 5.91 Å². The lowest BCUT2D eigenvalue weighted by Crippen LogP contribution is -2.32. The van der Waals surface area contributed by atoms with Crippen molar-refractivity contribution in [3.05, 3.63) is 48.3 Å². The Bertz CT molecular complexity index is 1080. The molecule has 0 aliphatic carbocycles. The van der Waals surface area contributed by atoms with Crippen LogP contribution in [0.15, 0.2) is 47.4 Å². The molecule has 1 aromatic heterocycles. The van der Waals surface area contributed by atoms with E-state index in [1.807, 2.05) is 13.0 Å². The first-order valence-corrected chi connectivity index (χ1v) is 10.5. The fraction of sp³-hybridized carbons (Fsp3) is 0.222. The lowest BCUT2D eigenvalue weighted by molar-refractivity contribution is -0.115. The zero-order valence-electron chi connectivity index (χ0n) is 14.6. The SMILES string of the molecule is CCOc1ccc2nc(NC(=O)C(C)S(=O)(=O)c3ccc(F)cc3)sc2c1. The zero-order valence-corrected chi connectivity index (χ0v) is 16.2. The average Bonchev–Trinajstić information content (AvgIpc) is 3.03. The maximum atomic E-state index is 13.0. The maximum Gasteiger partial charge on any atom is 0.244 e. The number of thiazole rings is 1. The number of amides is 1. The summed E-state index contributed by atoms with van der Waals surface area (Å²) in [6, 6.07) is 9.72. The fourth-order valence-electron chi connectivity index (χ4n) is 2.39. The standard InChI is InChI=1S/C18H17FN2O4S2/c1-3-25-13-6-9-15-16(10-13)26-18(20-15)21-17(22)11(2)27(23,24)14-7-4-12(19)5-8-14/h4-11H,3H2,1-2H3,(H,20,21,22). The summed E-state index contributed by atoms with van der Waals surface area (Å²) in [6.07, 6.45) is 0. The van der Waals surface area contributed by atoms with Crippen LogP contribution in [0.3, 0.4) is 0 Å². The van der Waals surface area contributed by atoms with Crippen molar-refractivity contribution in [2.45, 2.75) is 24.0 Å². The normalized spacial score (nSPS) is 12.7. The van der Waals surface area contributed by atoms with Gasteiger partial charge in [-0.2, -0.15) is 0 Å². The molecule has 0 saturated carbocycles. The van der Waals surface area contributed by atoms with E-state index in [2.05, 4.69) is 10.3 Å². The van der Waals surface area contributed by atoms with E-state index < -0.39 is 26.8 Å². The van der Waals surface area contributed by atoms with Crippen LogP contribution >= 0.6 is 11.3 Å². The summed E-state index contributed by atoms with van der Waals surface area (Å²) >= 11 is 1.22. The van der Waals surface area contributed by atoms with Crippen molar-refractivity contribution in [1.29, 1.82) is 0 Å². The quantitative estimate of drug-likeness (QED) is 0.630. The highest BCUT2D eigenvalue weighted by molar-refractivity contribution is 7.92. The molecule has 6 nitrogen and oxygen atoms in total. The summed E-state index contributed by atoms with van der Waals surface area (Å²) in [5, 5.41) is 1.49. The van der Waals surface area contributed by atoms with E-state index >= 15 is 0 Å². The van der Waals surface area contributed by atoms with Crippen molar-refractivity contribution in [2.24, 2.45) is 0 Å². The molecule has 0 spiro atoms. The average molecular weight is 408 g/mol. The van der Waals surface area contributed by atoms with Crippen LogP contribution in [0.2, 0.25) is 0 Å². The lowest BCUT2D eigenvalue weighted by Gasteiger charge is -2.12. The number of carbonyl (C=O) groups is 1. The second-order valence-corrected chi connectivity index (χ2v) is 9.01. The third-order valence-electron chi connectivity index (χ3n) is 3.88. The fourth-order valence-corrected chi connectivity index (χ4v) is 4.55. The van der Waals surface area contributed by atoms with Gasteiger partial charge in [-0.15, -0.1) is 0 Å². The summed E-state index contributed by atoms with van der Waals surface area (Å²) in [7, 11) is -3.94. The van der Waals surface area contributed by atoms with Crippen molar-refractivity contribution < 1.29 is 22.3 Å². The van der Waals surface area contributed by atoms with Crippen molar-refractivity contribution in [3.63, 3.8) is 0 Å². The largest absolute Gasteiger partial charge is 0.494 e. The Kier molecular flexibility index (Phi) is 5.43. The highest BCUT2D eigenvalue weighted by Crippen LogP contribution is 2.29. The van der Waals surface area contributed by atoms with Crippen LogP contribution in [0.5, 0.6) is 5.75 Å². The van der Waals surface area contributed by atoms with Gasteiger partial charge in [0.25, 0.3) is 0 Å². The van der Waals surface area contributed by atoms with Crippen LogP contribution in [0.25, 0.3) is 10.2 Å². The van der Waals surface area contributed by atoms with E-state index in [-0.39, 0.29) is 4.90 Å². The third kappa shape index (κ3) is 4.09. The predicted molar refractivity (Wildman–Crippen MR) is 102 cm³/mol. The molecule has 1 unspecified atom stereocenters. The zero-order chi connectivity index (χ0) is 19.6. The van der Waals surface area contributed by atoms with Gasteiger partial charge in [-0.3, -0.25) is 4.79 Å². The van der Waals surface area contributed by atoms with Gasteiger partial charge in [-0.05, 0) is 56.3 Å². The number of halogens is 1. The summed E-state index contributed by atoms with van der Waals surface area (Å²) in [6.45, 7) is 3.70. The third-order valence-corrected chi connectivity index (χ3v) is 6.89. The van der Waals surface area contributed by atoms with Crippen molar-refractivity contribution >= 4 is 42.4 Å². The number of anilines is 1. The molecule has 1 atom stereocenters. The van der Waals surface area contributed by atoms with Crippen molar-refractivity contribution in [3.8, 4) is 5.75 Å². The van der Waals surface area contributed by atoms with Gasteiger partial charge in [0, 0.05) is 0 Å².